The Morgan fingerprint density at radius 1 is 1.22 bits per heavy atom. The number of aromatic nitrogens is 7. The van der Waals surface area contributed by atoms with Crippen LogP contribution in [0.2, 0.25) is 0 Å². The van der Waals surface area contributed by atoms with E-state index in [9.17, 15) is 9.59 Å². The molecule has 0 aromatic carbocycles. The molecule has 27 heavy (non-hydrogen) atoms. The normalized spacial score (nSPS) is 13.3. The Morgan fingerprint density at radius 3 is 2.78 bits per heavy atom. The van der Waals surface area contributed by atoms with Crippen LogP contribution in [0.4, 0.5) is 0 Å². The number of nitrogens with one attached hydrogen (secondary N) is 1. The second-order valence-corrected chi connectivity index (χ2v) is 5.95. The number of rotatable bonds is 5. The first-order valence-corrected chi connectivity index (χ1v) is 8.28. The molecule has 0 saturated heterocycles. The highest BCUT2D eigenvalue weighted by Gasteiger charge is 2.26. The van der Waals surface area contributed by atoms with Crippen molar-refractivity contribution in [3.63, 3.8) is 0 Å². The minimum atomic E-state index is -0.236. The van der Waals surface area contributed by atoms with Crippen molar-refractivity contribution in [1.29, 1.82) is 0 Å². The largest absolute Gasteiger partial charge is 0.455 e. The number of hydrogen-bond acceptors (Lipinski definition) is 8. The lowest BCUT2D eigenvalue weighted by atomic mass is 10.2. The van der Waals surface area contributed by atoms with Crippen molar-refractivity contribution in [1.82, 2.24) is 39.8 Å². The van der Waals surface area contributed by atoms with Gasteiger partial charge in [-0.2, -0.15) is 5.10 Å². The van der Waals surface area contributed by atoms with E-state index in [-0.39, 0.29) is 35.7 Å². The lowest BCUT2D eigenvalue weighted by molar-refractivity contribution is 0.0699. The van der Waals surface area contributed by atoms with Gasteiger partial charge in [-0.05, 0) is 12.1 Å². The predicted octanol–water partition coefficient (Wildman–Crippen LogP) is 0.229. The van der Waals surface area contributed by atoms with Crippen molar-refractivity contribution in [3.05, 3.63) is 47.6 Å². The van der Waals surface area contributed by atoms with E-state index < -0.39 is 0 Å². The van der Waals surface area contributed by atoms with E-state index in [1.807, 2.05) is 4.57 Å². The van der Waals surface area contributed by atoms with Gasteiger partial charge >= 0.3 is 6.01 Å². The molecule has 3 aromatic rings. The molecule has 0 unspecified atom stereocenters. The van der Waals surface area contributed by atoms with Gasteiger partial charge in [0.05, 0.1) is 6.54 Å². The van der Waals surface area contributed by atoms with Crippen LogP contribution in [-0.2, 0) is 19.7 Å². The van der Waals surface area contributed by atoms with Gasteiger partial charge in [-0.25, -0.2) is 9.97 Å². The Hall–Kier alpha value is -3.63. The zero-order chi connectivity index (χ0) is 18.8. The lowest BCUT2D eigenvalue weighted by Crippen LogP contribution is -2.39. The van der Waals surface area contributed by atoms with Crippen LogP contribution in [0.25, 0.3) is 0 Å². The molecule has 1 N–H and O–H groups in total. The number of nitrogens with zero attached hydrogens (tertiary/aromatic N) is 7. The van der Waals surface area contributed by atoms with Crippen molar-refractivity contribution < 1.29 is 14.3 Å². The molecule has 0 fully saturated rings. The summed E-state index contributed by atoms with van der Waals surface area (Å²) in [5.41, 5.74) is 0.513. The maximum atomic E-state index is 12.6. The number of Topliss-reactive ketones (excluding diaryl/α,β-unsaturated/α-hetero) is 1. The van der Waals surface area contributed by atoms with E-state index in [0.717, 1.165) is 0 Å². The van der Waals surface area contributed by atoms with Crippen LogP contribution >= 0.6 is 0 Å². The fraction of sp³-hybridized carbons (Fsp3) is 0.312. The predicted molar refractivity (Wildman–Crippen MR) is 89.7 cm³/mol. The zero-order valence-corrected chi connectivity index (χ0v) is 14.5. The maximum Gasteiger partial charge on any atom is 0.316 e. The third kappa shape index (κ3) is 3.38. The third-order valence-electron chi connectivity index (χ3n) is 4.16. The van der Waals surface area contributed by atoms with E-state index >= 15 is 0 Å². The average molecular weight is 368 g/mol. The molecule has 4 heterocycles. The van der Waals surface area contributed by atoms with Crippen molar-refractivity contribution in [3.8, 4) is 6.01 Å². The summed E-state index contributed by atoms with van der Waals surface area (Å²) in [4.78, 5) is 33.6. The summed E-state index contributed by atoms with van der Waals surface area (Å²) in [5.74, 6) is 0.869. The molecule has 138 valence electrons. The fourth-order valence-electron chi connectivity index (χ4n) is 2.77. The van der Waals surface area contributed by atoms with Gasteiger partial charge in [-0.1, -0.05) is 0 Å². The first kappa shape index (κ1) is 16.8. The van der Waals surface area contributed by atoms with Crippen LogP contribution in [0, 0.1) is 0 Å². The van der Waals surface area contributed by atoms with Gasteiger partial charge in [0.25, 0.3) is 5.91 Å². The number of aromatic amines is 1. The molecule has 0 aliphatic carbocycles. The van der Waals surface area contributed by atoms with E-state index in [2.05, 4.69) is 30.4 Å². The van der Waals surface area contributed by atoms with Crippen molar-refractivity contribution >= 4 is 11.7 Å². The molecule has 3 aromatic heterocycles. The molecule has 0 spiro atoms. The molecule has 0 bridgehead atoms. The van der Waals surface area contributed by atoms with Gasteiger partial charge in [-0.15, -0.1) is 10.2 Å². The van der Waals surface area contributed by atoms with E-state index in [1.54, 1.807) is 23.4 Å². The van der Waals surface area contributed by atoms with E-state index in [1.165, 1.54) is 13.0 Å². The summed E-state index contributed by atoms with van der Waals surface area (Å²) in [7, 11) is 0. The monoisotopic (exact) mass is 368 g/mol. The van der Waals surface area contributed by atoms with E-state index in [4.69, 9.17) is 4.74 Å². The number of carbonyl (C=O) groups is 2. The Morgan fingerprint density at radius 2 is 2.04 bits per heavy atom. The topological polar surface area (TPSA) is 132 Å². The van der Waals surface area contributed by atoms with E-state index in [0.29, 0.717) is 31.3 Å². The molecule has 0 saturated carbocycles. The van der Waals surface area contributed by atoms with Crippen LogP contribution < -0.4 is 4.74 Å². The van der Waals surface area contributed by atoms with Gasteiger partial charge in [-0.3, -0.25) is 14.7 Å². The molecular formula is C16H16N8O3. The molecule has 4 rings (SSSR count). The van der Waals surface area contributed by atoms with Crippen molar-refractivity contribution in [2.75, 3.05) is 6.54 Å². The molecular weight excluding hydrogens is 352 g/mol. The number of H-pyrrole nitrogens is 1. The summed E-state index contributed by atoms with van der Waals surface area (Å²) in [6, 6.07) is 3.43. The fourth-order valence-corrected chi connectivity index (χ4v) is 2.77. The summed E-state index contributed by atoms with van der Waals surface area (Å²) < 4.78 is 7.43. The van der Waals surface area contributed by atoms with Gasteiger partial charge < -0.3 is 14.2 Å². The molecule has 11 heteroatoms. The van der Waals surface area contributed by atoms with Crippen LogP contribution in [-0.4, -0.2) is 58.1 Å². The van der Waals surface area contributed by atoms with Gasteiger partial charge in [0.15, 0.2) is 24.0 Å². The average Bonchev–Trinajstić information content (AvgIpc) is 3.33. The molecule has 0 atom stereocenters. The Kier molecular flexibility index (Phi) is 4.32. The summed E-state index contributed by atoms with van der Waals surface area (Å²) in [6.07, 6.45) is 3.19. The van der Waals surface area contributed by atoms with Crippen molar-refractivity contribution in [2.45, 2.75) is 26.6 Å². The van der Waals surface area contributed by atoms with Crippen molar-refractivity contribution in [2.24, 2.45) is 0 Å². The van der Waals surface area contributed by atoms with Crippen LogP contribution in [0.3, 0.4) is 0 Å². The van der Waals surface area contributed by atoms with Crippen LogP contribution in [0.1, 0.15) is 39.5 Å². The standard InChI is InChI=1S/C16H16N8O3/c1-10(25)11-7-12(20-19-11)15(26)23-5-6-24-13(8-23)21-22-14(24)9-27-16-17-3-2-4-18-16/h2-4,7H,5-6,8-9H2,1H3,(H,19,20). The Balaban J connectivity index is 1.43. The molecule has 1 amide bonds. The van der Waals surface area contributed by atoms with Gasteiger partial charge in [0.2, 0.25) is 0 Å². The molecule has 11 nitrogen and oxygen atoms in total. The summed E-state index contributed by atoms with van der Waals surface area (Å²) >= 11 is 0. The molecule has 1 aliphatic heterocycles. The molecule has 1 aliphatic rings. The SMILES string of the molecule is CC(=O)c1cc(C(=O)N2CCn3c(COc4ncccn4)nnc3C2)[nH]n1. The Labute approximate surface area is 153 Å². The third-order valence-corrected chi connectivity index (χ3v) is 4.16. The highest BCUT2D eigenvalue weighted by Crippen LogP contribution is 2.16. The minimum Gasteiger partial charge on any atom is -0.455 e. The summed E-state index contributed by atoms with van der Waals surface area (Å²) in [5, 5.41) is 14.7. The maximum absolute atomic E-state index is 12.6. The highest BCUT2D eigenvalue weighted by atomic mass is 16.5. The second kappa shape index (κ2) is 6.94. The minimum absolute atomic E-state index is 0.188. The summed E-state index contributed by atoms with van der Waals surface area (Å²) in [6.45, 7) is 2.91. The number of ether oxygens (including phenoxy) is 1. The highest BCUT2D eigenvalue weighted by molar-refractivity contribution is 5.97. The quantitative estimate of drug-likeness (QED) is 0.633. The lowest BCUT2D eigenvalue weighted by Gasteiger charge is -2.27. The second-order valence-electron chi connectivity index (χ2n) is 5.95. The zero-order valence-electron chi connectivity index (χ0n) is 14.5. The molecule has 0 radical (unpaired) electrons. The number of carbonyl (C=O) groups excluding carboxylic acids is 2. The Bertz CT molecular complexity index is 981. The number of hydrogen-bond donors (Lipinski definition) is 1. The number of fused-ring (bicyclic) bond motifs is 1. The smallest absolute Gasteiger partial charge is 0.316 e. The first-order valence-electron chi connectivity index (χ1n) is 8.28. The number of amides is 1. The van der Waals surface area contributed by atoms with Gasteiger partial charge in [0, 0.05) is 32.4 Å². The van der Waals surface area contributed by atoms with Crippen LogP contribution in [0.15, 0.2) is 24.5 Å². The first-order chi connectivity index (χ1) is 13.1. The van der Waals surface area contributed by atoms with Gasteiger partial charge in [0.1, 0.15) is 11.4 Å². The van der Waals surface area contributed by atoms with Crippen LogP contribution in [0.5, 0.6) is 6.01 Å². The number of ketones is 1.